The molecule has 2 rings (SSSR count). The SMILES string of the molecule is CCOc1cc(C=C(C#N)C(N)=O)ccc1OCCOc1ccccc1OC. The molecule has 0 heterocycles. The minimum Gasteiger partial charge on any atom is -0.493 e. The molecular weight excluding hydrogens is 360 g/mol. The van der Waals surface area contributed by atoms with Gasteiger partial charge >= 0.3 is 0 Å². The predicted molar refractivity (Wildman–Crippen MR) is 104 cm³/mol. The number of rotatable bonds is 10. The van der Waals surface area contributed by atoms with Crippen molar-refractivity contribution < 1.29 is 23.7 Å². The molecule has 7 nitrogen and oxygen atoms in total. The number of primary amides is 1. The van der Waals surface area contributed by atoms with Crippen LogP contribution in [-0.2, 0) is 4.79 Å². The third-order valence-electron chi connectivity index (χ3n) is 3.63. The van der Waals surface area contributed by atoms with Crippen LogP contribution in [-0.4, -0.2) is 32.8 Å². The summed E-state index contributed by atoms with van der Waals surface area (Å²) >= 11 is 0. The smallest absolute Gasteiger partial charge is 0.259 e. The van der Waals surface area contributed by atoms with Gasteiger partial charge in [0.1, 0.15) is 24.9 Å². The standard InChI is InChI=1S/C21H22N2O5/c1-3-26-20-13-15(12-16(14-22)21(23)24)8-9-19(20)28-11-10-27-18-7-5-4-6-17(18)25-2/h4-9,12-13H,3,10-11H2,1-2H3,(H2,23,24). The fraction of sp³-hybridized carbons (Fsp3) is 0.238. The summed E-state index contributed by atoms with van der Waals surface area (Å²) in [6.07, 6.45) is 1.40. The molecular formula is C21H22N2O5. The van der Waals surface area contributed by atoms with E-state index >= 15 is 0 Å². The van der Waals surface area contributed by atoms with Crippen LogP contribution in [0, 0.1) is 11.3 Å². The first-order valence-corrected chi connectivity index (χ1v) is 8.66. The fourth-order valence-corrected chi connectivity index (χ4v) is 2.37. The van der Waals surface area contributed by atoms with Crippen LogP contribution in [0.3, 0.4) is 0 Å². The second-order valence-corrected chi connectivity index (χ2v) is 5.52. The van der Waals surface area contributed by atoms with Crippen molar-refractivity contribution in [1.29, 1.82) is 5.26 Å². The van der Waals surface area contributed by atoms with E-state index in [1.54, 1.807) is 31.4 Å². The summed E-state index contributed by atoms with van der Waals surface area (Å²) in [5.74, 6) is 1.52. The lowest BCUT2D eigenvalue weighted by atomic mass is 10.1. The zero-order valence-electron chi connectivity index (χ0n) is 15.8. The third-order valence-corrected chi connectivity index (χ3v) is 3.63. The Kier molecular flexibility index (Phi) is 7.73. The fourth-order valence-electron chi connectivity index (χ4n) is 2.37. The molecule has 0 spiro atoms. The van der Waals surface area contributed by atoms with Crippen LogP contribution < -0.4 is 24.7 Å². The second kappa shape index (κ2) is 10.5. The maximum absolute atomic E-state index is 11.2. The normalized spacial score (nSPS) is 10.7. The molecule has 0 fully saturated rings. The third kappa shape index (κ3) is 5.68. The van der Waals surface area contributed by atoms with Gasteiger partial charge in [0.15, 0.2) is 23.0 Å². The minimum absolute atomic E-state index is 0.138. The van der Waals surface area contributed by atoms with E-state index in [1.165, 1.54) is 6.08 Å². The largest absolute Gasteiger partial charge is 0.493 e. The highest BCUT2D eigenvalue weighted by atomic mass is 16.5. The number of nitrogens with two attached hydrogens (primary N) is 1. The maximum Gasteiger partial charge on any atom is 0.259 e. The van der Waals surface area contributed by atoms with Crippen LogP contribution in [0.4, 0.5) is 0 Å². The highest BCUT2D eigenvalue weighted by Gasteiger charge is 2.09. The molecule has 0 aliphatic heterocycles. The van der Waals surface area contributed by atoms with E-state index < -0.39 is 5.91 Å². The Morgan fingerprint density at radius 1 is 1.04 bits per heavy atom. The highest BCUT2D eigenvalue weighted by molar-refractivity contribution is 6.00. The van der Waals surface area contributed by atoms with Gasteiger partial charge in [0, 0.05) is 0 Å². The van der Waals surface area contributed by atoms with Gasteiger partial charge in [-0.2, -0.15) is 5.26 Å². The van der Waals surface area contributed by atoms with Crippen molar-refractivity contribution >= 4 is 12.0 Å². The number of para-hydroxylation sites is 2. The van der Waals surface area contributed by atoms with Gasteiger partial charge in [0.05, 0.1) is 13.7 Å². The first-order chi connectivity index (χ1) is 13.6. The molecule has 7 heteroatoms. The van der Waals surface area contributed by atoms with Gasteiger partial charge in [-0.25, -0.2) is 0 Å². The van der Waals surface area contributed by atoms with E-state index in [0.29, 0.717) is 41.8 Å². The second-order valence-electron chi connectivity index (χ2n) is 5.52. The zero-order chi connectivity index (χ0) is 20.4. The number of hydrogen-bond donors (Lipinski definition) is 1. The van der Waals surface area contributed by atoms with E-state index in [2.05, 4.69) is 0 Å². The van der Waals surface area contributed by atoms with E-state index in [0.717, 1.165) is 0 Å². The Hall–Kier alpha value is -3.66. The van der Waals surface area contributed by atoms with E-state index in [4.69, 9.17) is 29.9 Å². The molecule has 0 aliphatic rings. The van der Waals surface area contributed by atoms with Gasteiger partial charge in [-0.15, -0.1) is 0 Å². The minimum atomic E-state index is -0.783. The van der Waals surface area contributed by atoms with Crippen LogP contribution in [0.5, 0.6) is 23.0 Å². The number of carbonyl (C=O) groups excluding carboxylic acids is 1. The van der Waals surface area contributed by atoms with Gasteiger partial charge in [-0.3, -0.25) is 4.79 Å². The summed E-state index contributed by atoms with van der Waals surface area (Å²) in [5, 5.41) is 8.96. The number of ether oxygens (including phenoxy) is 4. The Balaban J connectivity index is 2.04. The molecule has 2 N–H and O–H groups in total. The van der Waals surface area contributed by atoms with Crippen LogP contribution in [0.1, 0.15) is 12.5 Å². The first-order valence-electron chi connectivity index (χ1n) is 8.66. The van der Waals surface area contributed by atoms with Gasteiger partial charge in [-0.1, -0.05) is 18.2 Å². The lowest BCUT2D eigenvalue weighted by Gasteiger charge is -2.14. The molecule has 0 aliphatic carbocycles. The summed E-state index contributed by atoms with van der Waals surface area (Å²) in [6.45, 7) is 2.88. The van der Waals surface area contributed by atoms with E-state index in [1.807, 2.05) is 31.2 Å². The highest BCUT2D eigenvalue weighted by Crippen LogP contribution is 2.30. The van der Waals surface area contributed by atoms with Crippen molar-refractivity contribution in [1.82, 2.24) is 0 Å². The molecule has 1 amide bonds. The molecule has 2 aromatic rings. The molecule has 28 heavy (non-hydrogen) atoms. The first kappa shape index (κ1) is 20.6. The van der Waals surface area contributed by atoms with Crippen LogP contribution in [0.15, 0.2) is 48.0 Å². The summed E-state index contributed by atoms with van der Waals surface area (Å²) in [7, 11) is 1.58. The lowest BCUT2D eigenvalue weighted by Crippen LogP contribution is -2.12. The molecule has 0 saturated carbocycles. The van der Waals surface area contributed by atoms with Gasteiger partial charge in [0.25, 0.3) is 5.91 Å². The topological polar surface area (TPSA) is 104 Å². The van der Waals surface area contributed by atoms with E-state index in [-0.39, 0.29) is 12.2 Å². The number of nitriles is 1. The van der Waals surface area contributed by atoms with E-state index in [9.17, 15) is 4.79 Å². The van der Waals surface area contributed by atoms with Crippen molar-refractivity contribution in [3.05, 3.63) is 53.6 Å². The quantitative estimate of drug-likeness (QED) is 0.385. The number of methoxy groups -OCH3 is 1. The van der Waals surface area contributed by atoms with Gasteiger partial charge < -0.3 is 24.7 Å². The molecule has 0 bridgehead atoms. The Morgan fingerprint density at radius 3 is 2.25 bits per heavy atom. The van der Waals surface area contributed by atoms with Crippen molar-refractivity contribution in [3.8, 4) is 29.1 Å². The number of carbonyl (C=O) groups is 1. The molecule has 0 atom stereocenters. The lowest BCUT2D eigenvalue weighted by molar-refractivity contribution is -0.114. The van der Waals surface area contributed by atoms with Gasteiger partial charge in [-0.05, 0) is 42.8 Å². The number of hydrogen-bond acceptors (Lipinski definition) is 6. The van der Waals surface area contributed by atoms with Crippen molar-refractivity contribution in [2.45, 2.75) is 6.92 Å². The summed E-state index contributed by atoms with van der Waals surface area (Å²) in [5.41, 5.74) is 5.63. The molecule has 146 valence electrons. The summed E-state index contributed by atoms with van der Waals surface area (Å²) in [4.78, 5) is 11.2. The molecule has 2 aromatic carbocycles. The van der Waals surface area contributed by atoms with Crippen molar-refractivity contribution in [3.63, 3.8) is 0 Å². The Bertz CT molecular complexity index is 887. The molecule has 0 unspecified atom stereocenters. The average molecular weight is 382 g/mol. The van der Waals surface area contributed by atoms with Crippen LogP contribution >= 0.6 is 0 Å². The Morgan fingerprint density at radius 2 is 1.68 bits per heavy atom. The Labute approximate surface area is 163 Å². The molecule has 0 radical (unpaired) electrons. The monoisotopic (exact) mass is 382 g/mol. The van der Waals surface area contributed by atoms with Crippen LogP contribution in [0.2, 0.25) is 0 Å². The summed E-state index contributed by atoms with van der Waals surface area (Å²) in [6, 6.07) is 14.2. The summed E-state index contributed by atoms with van der Waals surface area (Å²) < 4.78 is 22.3. The number of nitrogens with zero attached hydrogens (tertiary/aromatic N) is 1. The number of benzene rings is 2. The molecule has 0 saturated heterocycles. The predicted octanol–water partition coefficient (Wildman–Crippen LogP) is 2.94. The van der Waals surface area contributed by atoms with Gasteiger partial charge in [0.2, 0.25) is 0 Å². The van der Waals surface area contributed by atoms with Crippen molar-refractivity contribution in [2.75, 3.05) is 26.9 Å². The van der Waals surface area contributed by atoms with Crippen LogP contribution in [0.25, 0.3) is 6.08 Å². The maximum atomic E-state index is 11.2. The molecule has 0 aromatic heterocycles. The average Bonchev–Trinajstić information content (AvgIpc) is 2.70. The number of amides is 1. The van der Waals surface area contributed by atoms with Crippen molar-refractivity contribution in [2.24, 2.45) is 5.73 Å². The zero-order valence-corrected chi connectivity index (χ0v) is 15.8.